The van der Waals surface area contributed by atoms with Gasteiger partial charge in [0.15, 0.2) is 0 Å². The van der Waals surface area contributed by atoms with Gasteiger partial charge in [0.1, 0.15) is 11.6 Å². The second kappa shape index (κ2) is 5.52. The molecule has 3 heterocycles. The summed E-state index contributed by atoms with van der Waals surface area (Å²) >= 11 is 0. The van der Waals surface area contributed by atoms with Crippen molar-refractivity contribution in [3.63, 3.8) is 0 Å². The lowest BCUT2D eigenvalue weighted by atomic mass is 10.1. The lowest BCUT2D eigenvalue weighted by Crippen LogP contribution is -2.31. The monoisotopic (exact) mass is 326 g/mol. The maximum absolute atomic E-state index is 13.0. The molecule has 3 rings (SSSR count). The molecule has 0 unspecified atom stereocenters. The Labute approximate surface area is 131 Å². The van der Waals surface area contributed by atoms with Crippen LogP contribution in [0.15, 0.2) is 18.5 Å². The molecule has 0 bridgehead atoms. The first kappa shape index (κ1) is 15.8. The van der Waals surface area contributed by atoms with Crippen LogP contribution in [0, 0.1) is 0 Å². The molecule has 1 aliphatic rings. The molecular formula is C15H17F3N4O. The molecule has 8 heteroatoms. The zero-order valence-corrected chi connectivity index (χ0v) is 12.8. The maximum atomic E-state index is 13.0. The van der Waals surface area contributed by atoms with Gasteiger partial charge in [-0.2, -0.15) is 13.2 Å². The first-order valence-electron chi connectivity index (χ1n) is 7.27. The van der Waals surface area contributed by atoms with Crippen molar-refractivity contribution in [3.8, 4) is 11.3 Å². The van der Waals surface area contributed by atoms with E-state index in [-0.39, 0.29) is 12.0 Å². The standard InChI is InChI=1S/C15H17F3N4O/c1-8(2)14-21-12(5-22(14)10-6-23-7-10)9-3-11(15(16,17)18)13(19)20-4-9/h3-5,8,10H,6-7H2,1-2H3,(H2,19,20). The van der Waals surface area contributed by atoms with E-state index in [4.69, 9.17) is 10.5 Å². The van der Waals surface area contributed by atoms with Crippen molar-refractivity contribution in [2.24, 2.45) is 0 Å². The molecule has 2 N–H and O–H groups in total. The van der Waals surface area contributed by atoms with Crippen molar-refractivity contribution in [2.75, 3.05) is 18.9 Å². The van der Waals surface area contributed by atoms with E-state index in [9.17, 15) is 13.2 Å². The maximum Gasteiger partial charge on any atom is 0.419 e. The van der Waals surface area contributed by atoms with Crippen LogP contribution < -0.4 is 5.73 Å². The Hall–Kier alpha value is -2.09. The lowest BCUT2D eigenvalue weighted by Gasteiger charge is -2.29. The van der Waals surface area contributed by atoms with Crippen molar-refractivity contribution >= 4 is 5.82 Å². The molecule has 1 saturated heterocycles. The van der Waals surface area contributed by atoms with Gasteiger partial charge in [-0.1, -0.05) is 13.8 Å². The number of anilines is 1. The number of nitrogens with zero attached hydrogens (tertiary/aromatic N) is 3. The molecule has 0 saturated carbocycles. The van der Waals surface area contributed by atoms with Gasteiger partial charge in [-0.3, -0.25) is 0 Å². The molecule has 0 spiro atoms. The number of hydrogen-bond acceptors (Lipinski definition) is 4. The van der Waals surface area contributed by atoms with Crippen LogP contribution in [0.4, 0.5) is 19.0 Å². The molecule has 0 atom stereocenters. The summed E-state index contributed by atoms with van der Waals surface area (Å²) in [6.45, 7) is 5.15. The molecule has 0 radical (unpaired) electrons. The van der Waals surface area contributed by atoms with Crippen molar-refractivity contribution in [1.29, 1.82) is 0 Å². The molecule has 2 aromatic heterocycles. The second-order valence-electron chi connectivity index (χ2n) is 5.89. The first-order valence-corrected chi connectivity index (χ1v) is 7.27. The predicted molar refractivity (Wildman–Crippen MR) is 78.8 cm³/mol. The quantitative estimate of drug-likeness (QED) is 0.940. The summed E-state index contributed by atoms with van der Waals surface area (Å²) in [5.41, 5.74) is 5.16. The Morgan fingerprint density at radius 2 is 2.04 bits per heavy atom. The van der Waals surface area contributed by atoms with Gasteiger partial charge in [0.2, 0.25) is 0 Å². The van der Waals surface area contributed by atoms with Gasteiger partial charge in [0.25, 0.3) is 0 Å². The van der Waals surface area contributed by atoms with E-state index in [1.165, 1.54) is 6.20 Å². The number of nitrogen functional groups attached to an aromatic ring is 1. The van der Waals surface area contributed by atoms with E-state index >= 15 is 0 Å². The predicted octanol–water partition coefficient (Wildman–Crippen LogP) is 3.24. The number of rotatable bonds is 3. The zero-order chi connectivity index (χ0) is 16.8. The number of imidazole rings is 1. The average molecular weight is 326 g/mol. The van der Waals surface area contributed by atoms with E-state index in [2.05, 4.69) is 9.97 Å². The third kappa shape index (κ3) is 2.90. The topological polar surface area (TPSA) is 66.0 Å². The van der Waals surface area contributed by atoms with Gasteiger partial charge in [-0.25, -0.2) is 9.97 Å². The molecule has 1 aliphatic heterocycles. The van der Waals surface area contributed by atoms with Gasteiger partial charge in [-0.05, 0) is 6.07 Å². The fourth-order valence-corrected chi connectivity index (χ4v) is 2.49. The molecule has 124 valence electrons. The minimum atomic E-state index is -4.54. The number of nitrogens with two attached hydrogens (primary N) is 1. The van der Waals surface area contributed by atoms with E-state index in [0.29, 0.717) is 24.5 Å². The van der Waals surface area contributed by atoms with Gasteiger partial charge < -0.3 is 15.0 Å². The fourth-order valence-electron chi connectivity index (χ4n) is 2.49. The normalized spacial score (nSPS) is 15.9. The molecule has 2 aromatic rings. The Morgan fingerprint density at radius 1 is 1.35 bits per heavy atom. The van der Waals surface area contributed by atoms with Crippen molar-refractivity contribution in [2.45, 2.75) is 32.0 Å². The highest BCUT2D eigenvalue weighted by atomic mass is 19.4. The minimum absolute atomic E-state index is 0.146. The Bertz CT molecular complexity index is 720. The average Bonchev–Trinajstić information content (AvgIpc) is 2.80. The number of halogens is 3. The third-order valence-corrected chi connectivity index (χ3v) is 3.81. The number of hydrogen-bond donors (Lipinski definition) is 1. The highest BCUT2D eigenvalue weighted by molar-refractivity contribution is 5.62. The van der Waals surface area contributed by atoms with Crippen LogP contribution in [0.3, 0.4) is 0 Å². The molecule has 23 heavy (non-hydrogen) atoms. The minimum Gasteiger partial charge on any atom is -0.383 e. The summed E-state index contributed by atoms with van der Waals surface area (Å²) in [5, 5.41) is 0. The van der Waals surface area contributed by atoms with Crippen LogP contribution >= 0.6 is 0 Å². The SMILES string of the molecule is CC(C)c1nc(-c2cnc(N)c(C(F)(F)F)c2)cn1C1COC1. The van der Waals surface area contributed by atoms with Gasteiger partial charge in [0, 0.05) is 23.9 Å². The zero-order valence-electron chi connectivity index (χ0n) is 12.8. The summed E-state index contributed by atoms with van der Waals surface area (Å²) in [4.78, 5) is 8.16. The van der Waals surface area contributed by atoms with Crippen LogP contribution in [0.5, 0.6) is 0 Å². The van der Waals surface area contributed by atoms with E-state index in [1.54, 1.807) is 6.20 Å². The summed E-state index contributed by atoms with van der Waals surface area (Å²) in [6.07, 6.45) is -1.47. The van der Waals surface area contributed by atoms with Gasteiger partial charge >= 0.3 is 6.18 Å². The summed E-state index contributed by atoms with van der Waals surface area (Å²) in [5.74, 6) is 0.434. The van der Waals surface area contributed by atoms with Crippen LogP contribution in [-0.4, -0.2) is 27.7 Å². The number of alkyl halides is 3. The number of aromatic nitrogens is 3. The number of ether oxygens (including phenoxy) is 1. The van der Waals surface area contributed by atoms with Gasteiger partial charge in [0.05, 0.1) is 30.5 Å². The molecule has 5 nitrogen and oxygen atoms in total. The van der Waals surface area contributed by atoms with Crippen molar-refractivity contribution in [1.82, 2.24) is 14.5 Å². The van der Waals surface area contributed by atoms with Gasteiger partial charge in [-0.15, -0.1) is 0 Å². The lowest BCUT2D eigenvalue weighted by molar-refractivity contribution is -0.137. The van der Waals surface area contributed by atoms with E-state index < -0.39 is 17.6 Å². The second-order valence-corrected chi connectivity index (χ2v) is 5.89. The molecule has 0 aliphatic carbocycles. The third-order valence-electron chi connectivity index (χ3n) is 3.81. The summed E-state index contributed by atoms with van der Waals surface area (Å²) in [7, 11) is 0. The van der Waals surface area contributed by atoms with Crippen LogP contribution in [-0.2, 0) is 10.9 Å². The highest BCUT2D eigenvalue weighted by Crippen LogP contribution is 2.35. The first-order chi connectivity index (χ1) is 10.8. The molecule has 0 amide bonds. The molecular weight excluding hydrogens is 309 g/mol. The van der Waals surface area contributed by atoms with E-state index in [0.717, 1.165) is 11.9 Å². The number of pyridine rings is 1. The Balaban J connectivity index is 2.05. The summed E-state index contributed by atoms with van der Waals surface area (Å²) < 4.78 is 46.1. The Kier molecular flexibility index (Phi) is 3.79. The van der Waals surface area contributed by atoms with E-state index in [1.807, 2.05) is 18.4 Å². The Morgan fingerprint density at radius 3 is 2.57 bits per heavy atom. The molecule has 1 fully saturated rings. The molecule has 0 aromatic carbocycles. The largest absolute Gasteiger partial charge is 0.419 e. The summed E-state index contributed by atoms with van der Waals surface area (Å²) in [6, 6.07) is 1.17. The fraction of sp³-hybridized carbons (Fsp3) is 0.467. The smallest absolute Gasteiger partial charge is 0.383 e. The van der Waals surface area contributed by atoms with Crippen LogP contribution in [0.25, 0.3) is 11.3 Å². The highest BCUT2D eigenvalue weighted by Gasteiger charge is 2.34. The van der Waals surface area contributed by atoms with Crippen molar-refractivity contribution in [3.05, 3.63) is 29.8 Å². The van der Waals surface area contributed by atoms with Crippen LogP contribution in [0.2, 0.25) is 0 Å². The van der Waals surface area contributed by atoms with Crippen molar-refractivity contribution < 1.29 is 17.9 Å². The van der Waals surface area contributed by atoms with Crippen LogP contribution in [0.1, 0.15) is 37.2 Å².